The van der Waals surface area contributed by atoms with Crippen molar-refractivity contribution in [2.24, 2.45) is 0 Å². The molecule has 0 aromatic heterocycles. The van der Waals surface area contributed by atoms with Gasteiger partial charge in [-0.05, 0) is 69.0 Å². The Morgan fingerprint density at radius 1 is 0.919 bits per heavy atom. The fourth-order valence-electron chi connectivity index (χ4n) is 3.39. The second-order valence-corrected chi connectivity index (χ2v) is 7.93. The number of rotatable bonds is 13. The molecule has 0 spiro atoms. The number of carbonyl (C=O) groups excluding carboxylic acids is 1. The average Bonchev–Trinajstić information content (AvgIpc) is 3.13. The summed E-state index contributed by atoms with van der Waals surface area (Å²) in [6, 6.07) is 9.83. The Balaban J connectivity index is 1.60. The molecule has 0 fully saturated rings. The van der Waals surface area contributed by atoms with Crippen LogP contribution < -0.4 is 18.9 Å². The van der Waals surface area contributed by atoms with Crippen LogP contribution in [0.1, 0.15) is 32.6 Å². The van der Waals surface area contributed by atoms with E-state index in [0.717, 1.165) is 37.8 Å². The molecule has 1 aliphatic rings. The highest BCUT2D eigenvalue weighted by atomic mass is 19.4. The topological polar surface area (TPSA) is 63.2 Å². The molecule has 2 aromatic carbocycles. The van der Waals surface area contributed by atoms with Crippen molar-refractivity contribution >= 4 is 5.97 Å². The van der Waals surface area contributed by atoms with Crippen molar-refractivity contribution in [1.82, 2.24) is 0 Å². The van der Waals surface area contributed by atoms with Crippen LogP contribution in [0.3, 0.4) is 0 Å². The first-order chi connectivity index (χ1) is 17.8. The van der Waals surface area contributed by atoms with Crippen molar-refractivity contribution in [1.29, 1.82) is 0 Å². The molecule has 198 valence electrons. The molecule has 0 atom stereocenters. The van der Waals surface area contributed by atoms with Gasteiger partial charge >= 0.3 is 12.3 Å². The zero-order valence-electron chi connectivity index (χ0n) is 20.5. The number of allylic oxidation sites excluding steroid dienone is 6. The van der Waals surface area contributed by atoms with E-state index in [1.54, 1.807) is 25.1 Å². The maximum Gasteiger partial charge on any atom is 0.573 e. The first kappa shape index (κ1) is 27.7. The fraction of sp³-hybridized carbons (Fsp3) is 0.321. The minimum atomic E-state index is -4.77. The number of unbranched alkanes of at least 4 members (excludes halogenated alkanes) is 1. The average molecular weight is 519 g/mol. The highest BCUT2D eigenvalue weighted by Crippen LogP contribution is 2.35. The minimum absolute atomic E-state index is 0.227. The van der Waals surface area contributed by atoms with Gasteiger partial charge < -0.3 is 23.7 Å². The normalized spacial score (nSPS) is 12.9. The summed E-state index contributed by atoms with van der Waals surface area (Å²) in [5.41, 5.74) is 1.29. The number of benzene rings is 2. The first-order valence-electron chi connectivity index (χ1n) is 11.9. The van der Waals surface area contributed by atoms with Gasteiger partial charge in [-0.2, -0.15) is 0 Å². The summed E-state index contributed by atoms with van der Waals surface area (Å²) in [6.45, 7) is 2.06. The van der Waals surface area contributed by atoms with E-state index in [1.807, 2.05) is 12.2 Å². The number of alkyl halides is 3. The van der Waals surface area contributed by atoms with Crippen LogP contribution in [0.4, 0.5) is 13.2 Å². The highest BCUT2D eigenvalue weighted by Gasteiger charge is 2.31. The zero-order valence-corrected chi connectivity index (χ0v) is 20.5. The zero-order chi connectivity index (χ0) is 26.5. The van der Waals surface area contributed by atoms with Crippen molar-refractivity contribution in [3.63, 3.8) is 0 Å². The van der Waals surface area contributed by atoms with Crippen molar-refractivity contribution < 1.29 is 41.7 Å². The number of ether oxygens (including phenoxy) is 5. The Morgan fingerprint density at radius 3 is 2.43 bits per heavy atom. The molecule has 0 heterocycles. The minimum Gasteiger partial charge on any atom is -0.490 e. The molecule has 37 heavy (non-hydrogen) atoms. The summed E-state index contributed by atoms with van der Waals surface area (Å²) >= 11 is 0. The monoisotopic (exact) mass is 518 g/mol. The molecule has 0 N–H and O–H groups in total. The van der Waals surface area contributed by atoms with E-state index < -0.39 is 12.3 Å². The summed E-state index contributed by atoms with van der Waals surface area (Å²) in [4.78, 5) is 11.8. The van der Waals surface area contributed by atoms with E-state index in [1.165, 1.54) is 17.7 Å². The van der Waals surface area contributed by atoms with E-state index in [2.05, 4.69) is 23.0 Å². The molecule has 0 unspecified atom stereocenters. The molecule has 2 aromatic rings. The molecular weight excluding hydrogens is 489 g/mol. The molecule has 3 rings (SSSR count). The van der Waals surface area contributed by atoms with Crippen molar-refractivity contribution in [2.75, 3.05) is 19.8 Å². The van der Waals surface area contributed by atoms with Gasteiger partial charge in [-0.3, -0.25) is 0 Å². The van der Waals surface area contributed by atoms with Gasteiger partial charge in [-0.1, -0.05) is 36.0 Å². The van der Waals surface area contributed by atoms with Crippen LogP contribution in [-0.2, 0) is 9.53 Å². The third-order valence-corrected chi connectivity index (χ3v) is 5.05. The Bertz CT molecular complexity index is 1100. The summed E-state index contributed by atoms with van der Waals surface area (Å²) in [6.07, 6.45) is 9.38. The van der Waals surface area contributed by atoms with Crippen LogP contribution >= 0.6 is 0 Å². The van der Waals surface area contributed by atoms with E-state index in [4.69, 9.17) is 18.9 Å². The number of esters is 1. The summed E-state index contributed by atoms with van der Waals surface area (Å²) in [5.74, 6) is 0.462. The van der Waals surface area contributed by atoms with Gasteiger partial charge in [0.2, 0.25) is 0 Å². The second-order valence-electron chi connectivity index (χ2n) is 7.93. The van der Waals surface area contributed by atoms with Crippen LogP contribution in [-0.4, -0.2) is 32.2 Å². The maximum atomic E-state index is 12.4. The van der Waals surface area contributed by atoms with E-state index in [-0.39, 0.29) is 30.5 Å². The summed E-state index contributed by atoms with van der Waals surface area (Å²) < 4.78 is 63.1. The van der Waals surface area contributed by atoms with Gasteiger partial charge in [0.1, 0.15) is 17.2 Å². The van der Waals surface area contributed by atoms with Crippen molar-refractivity contribution in [3.8, 4) is 28.7 Å². The van der Waals surface area contributed by atoms with Gasteiger partial charge in [0.25, 0.3) is 0 Å². The summed E-state index contributed by atoms with van der Waals surface area (Å²) in [7, 11) is 0. The van der Waals surface area contributed by atoms with Crippen molar-refractivity contribution in [3.05, 3.63) is 78.4 Å². The second kappa shape index (κ2) is 14.0. The smallest absolute Gasteiger partial charge is 0.490 e. The van der Waals surface area contributed by atoms with E-state index in [0.29, 0.717) is 18.1 Å². The van der Waals surface area contributed by atoms with Gasteiger partial charge in [0.15, 0.2) is 18.1 Å². The predicted molar refractivity (Wildman–Crippen MR) is 132 cm³/mol. The lowest BCUT2D eigenvalue weighted by Gasteiger charge is -2.15. The standard InChI is InChI=1S/C28H29F3O6/c1-2-33-27(32)20-35-26-19-24(36-22-12-14-23(15-13-22)37-28(29,30)31)16-17-25(26)34-18-8-7-11-21-9-5-3-4-6-10-21/h3-5,9-10,12-17,19H,2,6-8,11,18,20H2,1H3. The van der Waals surface area contributed by atoms with Gasteiger partial charge in [-0.25, -0.2) is 4.79 Å². The van der Waals surface area contributed by atoms with Crippen molar-refractivity contribution in [2.45, 2.75) is 39.0 Å². The Hall–Kier alpha value is -3.88. The number of carbonyl (C=O) groups is 1. The first-order valence-corrected chi connectivity index (χ1v) is 11.9. The number of hydrogen-bond acceptors (Lipinski definition) is 6. The molecule has 9 heteroatoms. The molecule has 1 aliphatic carbocycles. The molecule has 0 bridgehead atoms. The van der Waals surface area contributed by atoms with Crippen LogP contribution in [0.2, 0.25) is 0 Å². The Kier molecular flexibility index (Phi) is 10.5. The largest absolute Gasteiger partial charge is 0.573 e. The quantitative estimate of drug-likeness (QED) is 0.205. The molecule has 0 aliphatic heterocycles. The van der Waals surface area contributed by atoms with Crippen LogP contribution in [0.15, 0.2) is 78.4 Å². The van der Waals surface area contributed by atoms with Crippen LogP contribution in [0.25, 0.3) is 0 Å². The number of hydrogen-bond donors (Lipinski definition) is 0. The van der Waals surface area contributed by atoms with E-state index >= 15 is 0 Å². The third kappa shape index (κ3) is 10.3. The van der Waals surface area contributed by atoms with Gasteiger partial charge in [-0.15, -0.1) is 13.2 Å². The molecule has 6 nitrogen and oxygen atoms in total. The lowest BCUT2D eigenvalue weighted by molar-refractivity contribution is -0.274. The molecule has 0 saturated carbocycles. The lowest BCUT2D eigenvalue weighted by Crippen LogP contribution is -2.16. The van der Waals surface area contributed by atoms with Crippen LogP contribution in [0, 0.1) is 0 Å². The highest BCUT2D eigenvalue weighted by molar-refractivity contribution is 5.71. The van der Waals surface area contributed by atoms with Gasteiger partial charge in [0, 0.05) is 6.07 Å². The predicted octanol–water partition coefficient (Wildman–Crippen LogP) is 7.31. The molecule has 0 radical (unpaired) electrons. The SMILES string of the molecule is CCOC(=O)COc1cc(Oc2ccc(OC(F)(F)F)cc2)ccc1OCCCCC1=CCC=CC=C1. The lowest BCUT2D eigenvalue weighted by atomic mass is 10.1. The van der Waals surface area contributed by atoms with Gasteiger partial charge in [0.05, 0.1) is 13.2 Å². The Labute approximate surface area is 213 Å². The molecular formula is C28H29F3O6. The Morgan fingerprint density at radius 2 is 1.68 bits per heavy atom. The molecule has 0 amide bonds. The van der Waals surface area contributed by atoms with Crippen LogP contribution in [0.5, 0.6) is 28.7 Å². The fourth-order valence-corrected chi connectivity index (χ4v) is 3.39. The molecule has 0 saturated heterocycles. The number of halogens is 3. The third-order valence-electron chi connectivity index (χ3n) is 5.05. The van der Waals surface area contributed by atoms with E-state index in [9.17, 15) is 18.0 Å². The summed E-state index contributed by atoms with van der Waals surface area (Å²) in [5, 5.41) is 0. The maximum absolute atomic E-state index is 12.4.